The molecular weight excluding hydrogens is 691 g/mol. The maximum Gasteiger partial charge on any atom is 2.00 e. The van der Waals surface area contributed by atoms with Gasteiger partial charge in [-0.1, -0.05) is 145 Å². The fraction of sp³-hybridized carbons (Fsp3) is 0. The summed E-state index contributed by atoms with van der Waals surface area (Å²) in [7, 11) is 0. The summed E-state index contributed by atoms with van der Waals surface area (Å²) in [4.78, 5) is 21.2. The Balaban J connectivity index is 0.00000348. The van der Waals surface area contributed by atoms with E-state index >= 15 is 0 Å². The molecule has 0 saturated carbocycles. The molecule has 4 aliphatic rings. The third kappa shape index (κ3) is 5.60. The molecule has 0 amide bonds. The summed E-state index contributed by atoms with van der Waals surface area (Å²) in [5.74, 6) is 0.979. The van der Waals surface area contributed by atoms with Crippen LogP contribution in [0.1, 0.15) is 33.6 Å². The van der Waals surface area contributed by atoms with Crippen molar-refractivity contribution in [1.29, 1.82) is 0 Å². The van der Waals surface area contributed by atoms with Crippen molar-refractivity contribution in [3.8, 4) is 0 Å². The zero-order valence-corrected chi connectivity index (χ0v) is 27.8. The molecule has 49 heavy (non-hydrogen) atoms. The molecule has 8 bridgehead atoms. The van der Waals surface area contributed by atoms with E-state index in [1.165, 1.54) is 0 Å². The zero-order chi connectivity index (χ0) is 31.9. The number of allylic oxidation sites excluding steroid dienone is 7. The third-order valence-electron chi connectivity index (χ3n) is 8.86. The van der Waals surface area contributed by atoms with Crippen molar-refractivity contribution in [2.24, 2.45) is 15.0 Å². The molecule has 4 nitrogen and oxygen atoms in total. The Bertz CT molecular complexity index is 2350. The first-order valence-corrected chi connectivity index (χ1v) is 16.1. The van der Waals surface area contributed by atoms with Gasteiger partial charge in [-0.3, -0.25) is 9.98 Å². The van der Waals surface area contributed by atoms with Crippen LogP contribution in [-0.2, 0) is 20.4 Å². The smallest absolute Gasteiger partial charge is 0.337 e. The molecule has 5 heteroatoms. The number of benzene rings is 4. The second kappa shape index (κ2) is 13.0. The fourth-order valence-corrected chi connectivity index (χ4v) is 6.69. The van der Waals surface area contributed by atoms with Gasteiger partial charge in [0, 0.05) is 22.7 Å². The predicted octanol–water partition coefficient (Wildman–Crippen LogP) is 9.40. The van der Waals surface area contributed by atoms with Crippen molar-refractivity contribution in [1.82, 2.24) is 4.98 Å². The minimum Gasteiger partial charge on any atom is -0.337 e. The van der Waals surface area contributed by atoms with Gasteiger partial charge in [0.25, 0.3) is 0 Å². The Labute approximate surface area is 299 Å². The van der Waals surface area contributed by atoms with Gasteiger partial charge in [-0.05, 0) is 46.2 Å². The molecule has 5 aromatic rings. The maximum absolute atomic E-state index is 5.31. The molecule has 4 aliphatic heterocycles. The number of hydrogen-bond acceptors (Lipinski definition) is 4. The average molecular weight is 719 g/mol. The molecule has 0 saturated heterocycles. The van der Waals surface area contributed by atoms with Crippen LogP contribution in [0, 0.1) is 5.92 Å². The Morgan fingerprint density at radius 2 is 0.918 bits per heavy atom. The van der Waals surface area contributed by atoms with E-state index in [4.69, 9.17) is 20.0 Å². The minimum atomic E-state index is 0. The standard InChI is InChI=1S/C44H28N4.Pd/c1-5-13-29(14-6-1)41-33-21-23-35(45-33)42(30-15-7-2-8-16-30)37-25-27-39(47-37)44(32-19-11-4-12-20-32)40-28-26-38(48-40)43(31-17-9-3-10-18-31)36-24-22-34(41)46-36;/h1-28H;/q-2;+2. The van der Waals surface area contributed by atoms with Gasteiger partial charge in [0.15, 0.2) is 0 Å². The van der Waals surface area contributed by atoms with Crippen molar-refractivity contribution in [3.63, 3.8) is 0 Å². The number of hydrogen-bond donors (Lipinski definition) is 0. The minimum absolute atomic E-state index is 0. The summed E-state index contributed by atoms with van der Waals surface area (Å²) in [5, 5.41) is 0. The number of rotatable bonds is 4. The molecule has 4 aromatic carbocycles. The average Bonchev–Trinajstić information content (AvgIpc) is 3.98. The van der Waals surface area contributed by atoms with Gasteiger partial charge in [-0.15, -0.1) is 29.8 Å². The first kappa shape index (κ1) is 30.5. The molecule has 0 spiro atoms. The monoisotopic (exact) mass is 718 g/mol. The summed E-state index contributed by atoms with van der Waals surface area (Å²) in [6.07, 6.45) is 12.6. The van der Waals surface area contributed by atoms with E-state index in [9.17, 15) is 0 Å². The van der Waals surface area contributed by atoms with Crippen LogP contribution < -0.4 is 0 Å². The maximum atomic E-state index is 5.31. The van der Waals surface area contributed by atoms with Gasteiger partial charge in [-0.25, -0.2) is 4.99 Å². The van der Waals surface area contributed by atoms with Crippen molar-refractivity contribution in [2.75, 3.05) is 0 Å². The van der Waals surface area contributed by atoms with Gasteiger partial charge in [-0.2, -0.15) is 0 Å². The first-order valence-electron chi connectivity index (χ1n) is 16.1. The Morgan fingerprint density at radius 3 is 1.51 bits per heavy atom. The number of aromatic nitrogens is 1. The molecule has 0 unspecified atom stereocenters. The van der Waals surface area contributed by atoms with Crippen LogP contribution in [0.25, 0.3) is 16.7 Å². The normalized spacial score (nSPS) is 16.2. The van der Waals surface area contributed by atoms with Gasteiger partial charge < -0.3 is 4.98 Å². The molecule has 0 N–H and O–H groups in total. The SMILES string of the molecule is C1=CC2=C(c3ccccc3)c3c[cH-]c(n3)C(c3ccccc3)=C3C=CC(=N3)[C-](c3ccccc3)C3=NC(=C(c4ccccc4)C1=N2)C=C3.[Pd+2]. The summed E-state index contributed by atoms with van der Waals surface area (Å²) < 4.78 is 0. The molecule has 5 heterocycles. The van der Waals surface area contributed by atoms with Crippen LogP contribution in [0.2, 0.25) is 0 Å². The quantitative estimate of drug-likeness (QED) is 0.135. The van der Waals surface area contributed by atoms with Crippen molar-refractivity contribution in [3.05, 3.63) is 227 Å². The van der Waals surface area contributed by atoms with Crippen molar-refractivity contribution >= 4 is 33.9 Å². The zero-order valence-electron chi connectivity index (χ0n) is 26.3. The van der Waals surface area contributed by atoms with E-state index in [1.807, 2.05) is 24.3 Å². The van der Waals surface area contributed by atoms with E-state index in [2.05, 4.69) is 146 Å². The fourth-order valence-electron chi connectivity index (χ4n) is 6.69. The molecule has 0 aliphatic carbocycles. The summed E-state index contributed by atoms with van der Waals surface area (Å²) in [6.45, 7) is 0. The van der Waals surface area contributed by atoms with Crippen molar-refractivity contribution < 1.29 is 20.4 Å². The largest absolute Gasteiger partial charge is 2.00 e. The van der Waals surface area contributed by atoms with E-state index in [1.54, 1.807) is 0 Å². The van der Waals surface area contributed by atoms with Gasteiger partial charge in [0.1, 0.15) is 0 Å². The molecule has 0 radical (unpaired) electrons. The molecule has 9 rings (SSSR count). The first-order chi connectivity index (χ1) is 23.8. The van der Waals surface area contributed by atoms with Crippen LogP contribution in [0.3, 0.4) is 0 Å². The summed E-state index contributed by atoms with van der Waals surface area (Å²) in [6, 6.07) is 45.8. The van der Waals surface area contributed by atoms with Gasteiger partial charge in [0.2, 0.25) is 0 Å². The molecule has 0 fully saturated rings. The van der Waals surface area contributed by atoms with Gasteiger partial charge >= 0.3 is 20.4 Å². The summed E-state index contributed by atoms with van der Waals surface area (Å²) >= 11 is 0. The molecule has 234 valence electrons. The molecule has 0 atom stereocenters. The third-order valence-corrected chi connectivity index (χ3v) is 8.86. The Kier molecular flexibility index (Phi) is 8.07. The Morgan fingerprint density at radius 1 is 0.449 bits per heavy atom. The van der Waals surface area contributed by atoms with E-state index in [0.29, 0.717) is 0 Å². The van der Waals surface area contributed by atoms with Crippen LogP contribution in [0.5, 0.6) is 0 Å². The number of fused-ring (bicyclic) bond motifs is 5. The second-order valence-electron chi connectivity index (χ2n) is 11.8. The second-order valence-corrected chi connectivity index (χ2v) is 11.8. The predicted molar refractivity (Wildman–Crippen MR) is 197 cm³/mol. The number of aliphatic imine (C=N–C) groups is 3. The van der Waals surface area contributed by atoms with Gasteiger partial charge in [0.05, 0.1) is 17.1 Å². The summed E-state index contributed by atoms with van der Waals surface area (Å²) in [5.41, 5.74) is 14.0. The van der Waals surface area contributed by atoms with Crippen LogP contribution in [0.4, 0.5) is 0 Å². The van der Waals surface area contributed by atoms with Crippen LogP contribution >= 0.6 is 0 Å². The van der Waals surface area contributed by atoms with Crippen molar-refractivity contribution in [2.45, 2.75) is 0 Å². The number of nitrogens with zero attached hydrogens (tertiary/aromatic N) is 4. The molecular formula is C44H28N4Pd. The van der Waals surface area contributed by atoms with Crippen LogP contribution in [-0.4, -0.2) is 22.1 Å². The topological polar surface area (TPSA) is 50.0 Å². The Hall–Kier alpha value is -5.86. The van der Waals surface area contributed by atoms with Crippen LogP contribution in [0.15, 0.2) is 202 Å². The van der Waals surface area contributed by atoms with E-state index in [-0.39, 0.29) is 20.4 Å². The van der Waals surface area contributed by atoms with E-state index in [0.717, 1.165) is 90.5 Å². The van der Waals surface area contributed by atoms with E-state index < -0.39 is 0 Å². The molecule has 1 aromatic heterocycles.